The number of halogens is 1. The van der Waals surface area contributed by atoms with Gasteiger partial charge in [-0.25, -0.2) is 0 Å². The number of carbonyl (C=O) groups is 2. The molecular formula is C15H30ClN3O2. The van der Waals surface area contributed by atoms with E-state index >= 15 is 0 Å². The van der Waals surface area contributed by atoms with E-state index in [9.17, 15) is 9.59 Å². The van der Waals surface area contributed by atoms with Gasteiger partial charge in [-0.3, -0.25) is 9.59 Å². The van der Waals surface area contributed by atoms with Gasteiger partial charge >= 0.3 is 0 Å². The van der Waals surface area contributed by atoms with Crippen molar-refractivity contribution in [1.82, 2.24) is 15.5 Å². The lowest BCUT2D eigenvalue weighted by atomic mass is 9.98. The number of nitrogens with zero attached hydrogens (tertiary/aromatic N) is 1. The maximum Gasteiger partial charge on any atom is 0.242 e. The Bertz CT molecular complexity index is 324. The fourth-order valence-electron chi connectivity index (χ4n) is 2.55. The summed E-state index contributed by atoms with van der Waals surface area (Å²) in [6.45, 7) is 9.22. The average Bonchev–Trinajstić information content (AvgIpc) is 2.41. The van der Waals surface area contributed by atoms with Crippen LogP contribution in [0.2, 0.25) is 0 Å². The Morgan fingerprint density at radius 1 is 1.29 bits per heavy atom. The van der Waals surface area contributed by atoms with Gasteiger partial charge < -0.3 is 15.5 Å². The Balaban J connectivity index is 0.00000400. The van der Waals surface area contributed by atoms with E-state index in [1.165, 1.54) is 0 Å². The highest BCUT2D eigenvalue weighted by molar-refractivity contribution is 5.88. The lowest BCUT2D eigenvalue weighted by Gasteiger charge is -2.34. The Morgan fingerprint density at radius 3 is 2.57 bits per heavy atom. The van der Waals surface area contributed by atoms with Crippen LogP contribution in [0.4, 0.5) is 0 Å². The topological polar surface area (TPSA) is 61.4 Å². The number of hydrogen-bond donors (Lipinski definition) is 2. The van der Waals surface area contributed by atoms with Crippen molar-refractivity contribution in [3.8, 4) is 0 Å². The molecule has 0 spiro atoms. The van der Waals surface area contributed by atoms with Gasteiger partial charge in [-0.2, -0.15) is 0 Å². The smallest absolute Gasteiger partial charge is 0.242 e. The molecule has 6 heteroatoms. The van der Waals surface area contributed by atoms with E-state index in [1.54, 1.807) is 4.90 Å². The fraction of sp³-hybridized carbons (Fsp3) is 0.867. The van der Waals surface area contributed by atoms with Crippen LogP contribution in [0.25, 0.3) is 0 Å². The molecule has 0 aromatic heterocycles. The number of hydrogen-bond acceptors (Lipinski definition) is 3. The maximum atomic E-state index is 12.4. The van der Waals surface area contributed by atoms with Crippen LogP contribution in [0.1, 0.15) is 46.5 Å². The fourth-order valence-corrected chi connectivity index (χ4v) is 2.55. The van der Waals surface area contributed by atoms with E-state index in [-0.39, 0.29) is 30.3 Å². The molecule has 0 saturated carbocycles. The molecule has 1 unspecified atom stereocenters. The summed E-state index contributed by atoms with van der Waals surface area (Å²) in [4.78, 5) is 26.2. The summed E-state index contributed by atoms with van der Waals surface area (Å²) in [5, 5.41) is 6.12. The first-order valence-corrected chi connectivity index (χ1v) is 7.84. The minimum atomic E-state index is -0.301. The van der Waals surface area contributed by atoms with Gasteiger partial charge in [0.15, 0.2) is 0 Å². The molecule has 0 radical (unpaired) electrons. The van der Waals surface area contributed by atoms with Crippen molar-refractivity contribution in [2.24, 2.45) is 5.92 Å². The van der Waals surface area contributed by atoms with E-state index in [1.807, 2.05) is 6.92 Å². The second-order valence-corrected chi connectivity index (χ2v) is 5.83. The zero-order chi connectivity index (χ0) is 15.0. The normalized spacial score (nSPS) is 16.6. The number of nitrogens with one attached hydrogen (secondary N) is 2. The van der Waals surface area contributed by atoms with E-state index in [2.05, 4.69) is 24.5 Å². The molecule has 21 heavy (non-hydrogen) atoms. The molecule has 5 nitrogen and oxygen atoms in total. The third-order valence-corrected chi connectivity index (χ3v) is 3.58. The van der Waals surface area contributed by atoms with Crippen LogP contribution in [0, 0.1) is 5.92 Å². The quantitative estimate of drug-likeness (QED) is 0.667. The van der Waals surface area contributed by atoms with Crippen molar-refractivity contribution in [3.05, 3.63) is 0 Å². The number of likely N-dealkylation sites (N-methyl/N-ethyl adjacent to an activating group) is 1. The zero-order valence-corrected chi connectivity index (χ0v) is 14.3. The molecule has 2 amide bonds. The SMILES string of the molecule is CCNCCNC(=O)C(CC(C)C)N1CCCCC1=O.Cl. The molecular weight excluding hydrogens is 290 g/mol. The molecule has 124 valence electrons. The third kappa shape index (κ3) is 7.14. The largest absolute Gasteiger partial charge is 0.353 e. The van der Waals surface area contributed by atoms with Crippen LogP contribution in [-0.2, 0) is 9.59 Å². The molecule has 2 N–H and O–H groups in total. The Hall–Kier alpha value is -0.810. The summed E-state index contributed by atoms with van der Waals surface area (Å²) in [5.74, 6) is 0.518. The Kier molecular flexibility index (Phi) is 10.4. The van der Waals surface area contributed by atoms with Crippen LogP contribution in [-0.4, -0.2) is 48.9 Å². The lowest BCUT2D eigenvalue weighted by Crippen LogP contribution is -2.52. The first-order valence-electron chi connectivity index (χ1n) is 7.84. The minimum Gasteiger partial charge on any atom is -0.353 e. The molecule has 0 aromatic carbocycles. The Morgan fingerprint density at radius 2 is 2.00 bits per heavy atom. The predicted octanol–water partition coefficient (Wildman–Crippen LogP) is 1.56. The molecule has 1 aliphatic rings. The van der Waals surface area contributed by atoms with E-state index in [0.29, 0.717) is 18.9 Å². The molecule has 1 heterocycles. The molecule has 1 rings (SSSR count). The van der Waals surface area contributed by atoms with Crippen LogP contribution in [0.3, 0.4) is 0 Å². The predicted molar refractivity (Wildman–Crippen MR) is 87.6 cm³/mol. The van der Waals surface area contributed by atoms with Gasteiger partial charge in [0.1, 0.15) is 6.04 Å². The number of piperidine rings is 1. The van der Waals surface area contributed by atoms with Crippen molar-refractivity contribution >= 4 is 24.2 Å². The lowest BCUT2D eigenvalue weighted by molar-refractivity contribution is -0.143. The van der Waals surface area contributed by atoms with E-state index < -0.39 is 0 Å². The monoisotopic (exact) mass is 319 g/mol. The van der Waals surface area contributed by atoms with Crippen LogP contribution in [0.5, 0.6) is 0 Å². The van der Waals surface area contributed by atoms with Crippen LogP contribution in [0.15, 0.2) is 0 Å². The van der Waals surface area contributed by atoms with Gasteiger partial charge in [0.2, 0.25) is 11.8 Å². The molecule has 0 aromatic rings. The first kappa shape index (κ1) is 20.2. The number of carbonyl (C=O) groups excluding carboxylic acids is 2. The molecule has 1 fully saturated rings. The second-order valence-electron chi connectivity index (χ2n) is 5.83. The summed E-state index contributed by atoms with van der Waals surface area (Å²) in [7, 11) is 0. The number of rotatable bonds is 8. The summed E-state index contributed by atoms with van der Waals surface area (Å²) in [5.41, 5.74) is 0. The molecule has 0 bridgehead atoms. The average molecular weight is 320 g/mol. The highest BCUT2D eigenvalue weighted by atomic mass is 35.5. The van der Waals surface area contributed by atoms with Gasteiger partial charge in [-0.1, -0.05) is 20.8 Å². The highest BCUT2D eigenvalue weighted by Crippen LogP contribution is 2.18. The van der Waals surface area contributed by atoms with Crippen molar-refractivity contribution < 1.29 is 9.59 Å². The van der Waals surface area contributed by atoms with Gasteiger partial charge in [0.25, 0.3) is 0 Å². The first-order chi connectivity index (χ1) is 9.56. The third-order valence-electron chi connectivity index (χ3n) is 3.58. The molecule has 1 atom stereocenters. The molecule has 0 aliphatic carbocycles. The van der Waals surface area contributed by atoms with Gasteiger partial charge in [-0.15, -0.1) is 12.4 Å². The van der Waals surface area contributed by atoms with Gasteiger partial charge in [0, 0.05) is 26.1 Å². The molecule has 1 aliphatic heterocycles. The summed E-state index contributed by atoms with van der Waals surface area (Å²) < 4.78 is 0. The number of amides is 2. The zero-order valence-electron chi connectivity index (χ0n) is 13.5. The van der Waals surface area contributed by atoms with Crippen LogP contribution < -0.4 is 10.6 Å². The highest BCUT2D eigenvalue weighted by Gasteiger charge is 2.31. The molecule has 1 saturated heterocycles. The maximum absolute atomic E-state index is 12.4. The van der Waals surface area contributed by atoms with Crippen molar-refractivity contribution in [3.63, 3.8) is 0 Å². The summed E-state index contributed by atoms with van der Waals surface area (Å²) in [6, 6.07) is -0.301. The minimum absolute atomic E-state index is 0. The summed E-state index contributed by atoms with van der Waals surface area (Å²) >= 11 is 0. The Labute approximate surface area is 134 Å². The van der Waals surface area contributed by atoms with Gasteiger partial charge in [-0.05, 0) is 31.7 Å². The standard InChI is InChI=1S/C15H29N3O2.ClH/c1-4-16-8-9-17-15(20)13(11-12(2)3)18-10-6-5-7-14(18)19;/h12-13,16H,4-11H2,1-3H3,(H,17,20);1H. The number of likely N-dealkylation sites (tertiary alicyclic amines) is 1. The van der Waals surface area contributed by atoms with Crippen molar-refractivity contribution in [1.29, 1.82) is 0 Å². The van der Waals surface area contributed by atoms with Crippen molar-refractivity contribution in [2.45, 2.75) is 52.5 Å². The van der Waals surface area contributed by atoms with Crippen molar-refractivity contribution in [2.75, 3.05) is 26.2 Å². The van der Waals surface area contributed by atoms with E-state index in [0.717, 1.165) is 38.9 Å². The van der Waals surface area contributed by atoms with Gasteiger partial charge in [0.05, 0.1) is 0 Å². The second kappa shape index (κ2) is 10.9. The van der Waals surface area contributed by atoms with E-state index in [4.69, 9.17) is 0 Å². The summed E-state index contributed by atoms with van der Waals surface area (Å²) in [6.07, 6.45) is 3.27. The van der Waals surface area contributed by atoms with Crippen LogP contribution >= 0.6 is 12.4 Å².